The Kier molecular flexibility index (Phi) is 5.33. The molecule has 2 heterocycles. The summed E-state index contributed by atoms with van der Waals surface area (Å²) in [6.45, 7) is 8.95. The van der Waals surface area contributed by atoms with E-state index in [9.17, 15) is 30.0 Å². The minimum Gasteiger partial charge on any atom is -0.459 e. The van der Waals surface area contributed by atoms with Gasteiger partial charge in [0, 0.05) is 16.7 Å². The van der Waals surface area contributed by atoms with Gasteiger partial charge in [0.1, 0.15) is 17.8 Å². The molecule has 2 saturated heterocycles. The van der Waals surface area contributed by atoms with E-state index in [4.69, 9.17) is 14.2 Å². The Morgan fingerprint density at radius 3 is 2.53 bits per heavy atom. The number of carbonyl (C=O) groups excluding carboxylic acids is 2. The summed E-state index contributed by atoms with van der Waals surface area (Å²) in [5, 5.41) is 44.8. The molecule has 2 aliphatic heterocycles. The third kappa shape index (κ3) is 2.68. The summed E-state index contributed by atoms with van der Waals surface area (Å²) < 4.78 is 17.9. The number of esters is 2. The Labute approximate surface area is 199 Å². The molecule has 1 spiro atoms. The lowest BCUT2D eigenvalue weighted by Gasteiger charge is -2.68. The fourth-order valence-electron chi connectivity index (χ4n) is 8.25. The number of rotatable bonds is 3. The van der Waals surface area contributed by atoms with Gasteiger partial charge in [-0.05, 0) is 32.6 Å². The van der Waals surface area contributed by atoms with Gasteiger partial charge in [0.05, 0.1) is 36.8 Å². The van der Waals surface area contributed by atoms with Crippen molar-refractivity contribution < 1.29 is 44.2 Å². The Morgan fingerprint density at radius 1 is 1.21 bits per heavy atom. The van der Waals surface area contributed by atoms with Crippen molar-refractivity contribution in [2.45, 2.75) is 89.7 Å². The quantitative estimate of drug-likeness (QED) is 0.332. The Bertz CT molecular complexity index is 933. The number of carbonyl (C=O) groups is 2. The molecular weight excluding hydrogens is 444 g/mol. The standard InChI is InChI=1S/C25H36O9/c1-6-10(2)21(30)34-16-18-24(5)20(29)15(27)17-23(4)12(11(3)7-13(26)19(23)28)8-14(33-22(16)31)25(17,18)9-32-24/h7,10,12-20,26-29H,6,8-9H2,1-5H3/t10-,12+,13+,14-,15-,16-,17-,18+,19-,20-,23-,24+,25-/m1/s1. The fourth-order valence-corrected chi connectivity index (χ4v) is 8.25. The van der Waals surface area contributed by atoms with Crippen LogP contribution in [0.1, 0.15) is 47.5 Å². The number of ether oxygens (including phenoxy) is 3. The molecule has 3 aliphatic carbocycles. The zero-order valence-corrected chi connectivity index (χ0v) is 20.3. The summed E-state index contributed by atoms with van der Waals surface area (Å²) in [5.74, 6) is -3.51. The largest absolute Gasteiger partial charge is 0.459 e. The average molecular weight is 481 g/mol. The van der Waals surface area contributed by atoms with Gasteiger partial charge in [-0.1, -0.05) is 32.4 Å². The molecule has 190 valence electrons. The van der Waals surface area contributed by atoms with Gasteiger partial charge in [0.25, 0.3) is 0 Å². The van der Waals surface area contributed by atoms with Crippen LogP contribution in [0.4, 0.5) is 0 Å². The van der Waals surface area contributed by atoms with Gasteiger partial charge in [0.15, 0.2) is 0 Å². The normalized spacial score (nSPS) is 54.3. The second-order valence-electron chi connectivity index (χ2n) is 11.6. The molecule has 4 fully saturated rings. The monoisotopic (exact) mass is 480 g/mol. The Morgan fingerprint density at radius 2 is 1.88 bits per heavy atom. The van der Waals surface area contributed by atoms with E-state index in [-0.39, 0.29) is 12.5 Å². The van der Waals surface area contributed by atoms with Crippen LogP contribution in [-0.2, 0) is 23.8 Å². The molecule has 5 rings (SSSR count). The van der Waals surface area contributed by atoms with E-state index in [1.807, 2.05) is 20.8 Å². The van der Waals surface area contributed by atoms with Crippen LogP contribution < -0.4 is 0 Å². The minimum absolute atomic E-state index is 0.0656. The van der Waals surface area contributed by atoms with Crippen molar-refractivity contribution in [3.05, 3.63) is 11.6 Å². The van der Waals surface area contributed by atoms with Crippen LogP contribution in [0.15, 0.2) is 11.6 Å². The van der Waals surface area contributed by atoms with Crippen LogP contribution in [-0.4, -0.2) is 81.2 Å². The summed E-state index contributed by atoms with van der Waals surface area (Å²) >= 11 is 0. The molecule has 0 aromatic carbocycles. The van der Waals surface area contributed by atoms with Crippen molar-refractivity contribution in [2.24, 2.45) is 34.5 Å². The molecule has 2 saturated carbocycles. The lowest BCUT2D eigenvalue weighted by Crippen LogP contribution is -2.79. The number of hydrogen-bond donors (Lipinski definition) is 4. The first kappa shape index (κ1) is 24.2. The second kappa shape index (κ2) is 7.49. The van der Waals surface area contributed by atoms with Crippen molar-refractivity contribution in [3.8, 4) is 0 Å². The van der Waals surface area contributed by atoms with Gasteiger partial charge in [0.2, 0.25) is 6.10 Å². The highest BCUT2D eigenvalue weighted by Gasteiger charge is 2.82. The number of aliphatic hydroxyl groups excluding tert-OH is 4. The zero-order chi connectivity index (χ0) is 25.0. The van der Waals surface area contributed by atoms with E-state index < -0.39 is 82.7 Å². The van der Waals surface area contributed by atoms with Gasteiger partial charge in [-0.15, -0.1) is 0 Å². The summed E-state index contributed by atoms with van der Waals surface area (Å²) in [6, 6.07) is 0. The summed E-state index contributed by atoms with van der Waals surface area (Å²) in [4.78, 5) is 26.0. The number of aliphatic hydroxyl groups is 4. The average Bonchev–Trinajstić information content (AvgIpc) is 3.06. The molecule has 0 unspecified atom stereocenters. The van der Waals surface area contributed by atoms with E-state index in [0.29, 0.717) is 12.8 Å². The van der Waals surface area contributed by atoms with Crippen LogP contribution >= 0.6 is 0 Å². The molecule has 0 aromatic rings. The van der Waals surface area contributed by atoms with E-state index in [2.05, 4.69) is 0 Å². The summed E-state index contributed by atoms with van der Waals surface area (Å²) in [5.41, 5.74) is -2.58. The smallest absolute Gasteiger partial charge is 0.348 e. The number of allylic oxidation sites excluding steroid dienone is 1. The van der Waals surface area contributed by atoms with Gasteiger partial charge in [-0.25, -0.2) is 4.79 Å². The Hall–Kier alpha value is -1.52. The minimum atomic E-state index is -1.40. The maximum Gasteiger partial charge on any atom is 0.348 e. The van der Waals surface area contributed by atoms with Crippen LogP contribution in [0, 0.1) is 34.5 Å². The SMILES string of the molecule is CC[C@@H](C)C(=O)O[C@H]1C(=O)O[C@@H]2C[C@H]3C(C)=C[C@H](O)[C@@H](O)[C@@]3(C)[C@H]3[C@@H](O)[C@@H](O)[C@@]4(C)OC[C@]32[C@@H]14. The van der Waals surface area contributed by atoms with Crippen molar-refractivity contribution in [2.75, 3.05) is 6.61 Å². The molecule has 5 aliphatic rings. The molecule has 13 atom stereocenters. The lowest BCUT2D eigenvalue weighted by atomic mass is 9.38. The molecule has 9 nitrogen and oxygen atoms in total. The molecule has 9 heteroatoms. The predicted molar refractivity (Wildman–Crippen MR) is 117 cm³/mol. The highest BCUT2D eigenvalue weighted by atomic mass is 16.6. The van der Waals surface area contributed by atoms with E-state index in [1.165, 1.54) is 0 Å². The van der Waals surface area contributed by atoms with E-state index in [0.717, 1.165) is 5.57 Å². The second-order valence-corrected chi connectivity index (χ2v) is 11.6. The zero-order valence-electron chi connectivity index (χ0n) is 20.3. The van der Waals surface area contributed by atoms with Gasteiger partial charge in [-0.3, -0.25) is 4.79 Å². The maximum absolute atomic E-state index is 13.3. The third-order valence-electron chi connectivity index (χ3n) is 10.1. The highest BCUT2D eigenvalue weighted by Crippen LogP contribution is 2.72. The number of fused-ring (bicyclic) bond motifs is 2. The van der Waals surface area contributed by atoms with Crippen molar-refractivity contribution in [3.63, 3.8) is 0 Å². The van der Waals surface area contributed by atoms with Gasteiger partial charge in [-0.2, -0.15) is 0 Å². The van der Waals surface area contributed by atoms with E-state index in [1.54, 1.807) is 19.9 Å². The van der Waals surface area contributed by atoms with Crippen LogP contribution in [0.2, 0.25) is 0 Å². The molecular formula is C25H36O9. The van der Waals surface area contributed by atoms with Gasteiger partial charge >= 0.3 is 11.9 Å². The number of hydrogen-bond acceptors (Lipinski definition) is 9. The third-order valence-corrected chi connectivity index (χ3v) is 10.1. The maximum atomic E-state index is 13.3. The molecule has 4 N–H and O–H groups in total. The molecule has 0 radical (unpaired) electrons. The van der Waals surface area contributed by atoms with Gasteiger partial charge < -0.3 is 34.6 Å². The summed E-state index contributed by atoms with van der Waals surface area (Å²) in [6.07, 6.45) is -4.53. The topological polar surface area (TPSA) is 143 Å². The van der Waals surface area contributed by atoms with Crippen LogP contribution in [0.3, 0.4) is 0 Å². The predicted octanol–water partition coefficient (Wildman–Crippen LogP) is 0.321. The summed E-state index contributed by atoms with van der Waals surface area (Å²) in [7, 11) is 0. The van der Waals surface area contributed by atoms with Crippen LogP contribution in [0.5, 0.6) is 0 Å². The van der Waals surface area contributed by atoms with Crippen molar-refractivity contribution in [1.82, 2.24) is 0 Å². The molecule has 0 amide bonds. The lowest BCUT2D eigenvalue weighted by molar-refractivity contribution is -0.304. The molecule has 0 aromatic heterocycles. The van der Waals surface area contributed by atoms with Crippen molar-refractivity contribution >= 4 is 11.9 Å². The Balaban J connectivity index is 1.68. The molecule has 2 bridgehead atoms. The van der Waals surface area contributed by atoms with Crippen molar-refractivity contribution in [1.29, 1.82) is 0 Å². The van der Waals surface area contributed by atoms with E-state index >= 15 is 0 Å². The first-order chi connectivity index (χ1) is 15.8. The molecule has 34 heavy (non-hydrogen) atoms. The fraction of sp³-hybridized carbons (Fsp3) is 0.840. The van der Waals surface area contributed by atoms with Crippen LogP contribution in [0.25, 0.3) is 0 Å². The first-order valence-electron chi connectivity index (χ1n) is 12.3. The highest BCUT2D eigenvalue weighted by molar-refractivity contribution is 5.82. The first-order valence-corrected chi connectivity index (χ1v) is 12.3.